The van der Waals surface area contributed by atoms with Crippen molar-refractivity contribution in [2.45, 2.75) is 13.5 Å². The van der Waals surface area contributed by atoms with Crippen LogP contribution in [-0.2, 0) is 11.3 Å². The fraction of sp³-hybridized carbons (Fsp3) is 0.294. The third kappa shape index (κ3) is 4.66. The van der Waals surface area contributed by atoms with Gasteiger partial charge in [0.1, 0.15) is 12.4 Å². The summed E-state index contributed by atoms with van der Waals surface area (Å²) in [6.07, 6.45) is 0. The topological polar surface area (TPSA) is 30.5 Å². The Morgan fingerprint density at radius 3 is 2.67 bits per heavy atom. The smallest absolute Gasteiger partial charge is 0.124 e. The van der Waals surface area contributed by atoms with E-state index in [0.717, 1.165) is 27.6 Å². The van der Waals surface area contributed by atoms with Crippen molar-refractivity contribution in [3.63, 3.8) is 0 Å². The molecule has 0 heterocycles. The average molecular weight is 306 g/mol. The number of rotatable bonds is 7. The van der Waals surface area contributed by atoms with Gasteiger partial charge in [-0.3, -0.25) is 0 Å². The van der Waals surface area contributed by atoms with E-state index in [-0.39, 0.29) is 0 Å². The van der Waals surface area contributed by atoms with Crippen molar-refractivity contribution >= 4 is 17.3 Å². The molecule has 4 heteroatoms. The molecule has 2 rings (SSSR count). The molecule has 2 aromatic carbocycles. The lowest BCUT2D eigenvalue weighted by Crippen LogP contribution is -2.08. The molecular weight excluding hydrogens is 286 g/mol. The first kappa shape index (κ1) is 15.7. The van der Waals surface area contributed by atoms with Gasteiger partial charge in [0.25, 0.3) is 0 Å². The van der Waals surface area contributed by atoms with Gasteiger partial charge < -0.3 is 14.8 Å². The quantitative estimate of drug-likeness (QED) is 0.774. The monoisotopic (exact) mass is 305 g/mol. The molecule has 2 aromatic rings. The number of benzene rings is 2. The maximum absolute atomic E-state index is 5.97. The number of halogens is 1. The third-order valence-corrected chi connectivity index (χ3v) is 3.41. The number of nitrogens with one attached hydrogen (secondary N) is 1. The largest absolute Gasteiger partial charge is 0.491 e. The van der Waals surface area contributed by atoms with Gasteiger partial charge in [0.05, 0.1) is 6.61 Å². The molecule has 0 aromatic heterocycles. The van der Waals surface area contributed by atoms with Crippen molar-refractivity contribution in [2.75, 3.05) is 25.6 Å². The molecule has 1 N–H and O–H groups in total. The molecule has 0 aliphatic carbocycles. The molecule has 112 valence electrons. The maximum atomic E-state index is 5.97. The van der Waals surface area contributed by atoms with Gasteiger partial charge in [-0.25, -0.2) is 0 Å². The van der Waals surface area contributed by atoms with E-state index in [1.54, 1.807) is 7.11 Å². The second-order valence-corrected chi connectivity index (χ2v) is 5.20. The van der Waals surface area contributed by atoms with Crippen molar-refractivity contribution in [3.8, 4) is 5.75 Å². The Kier molecular flexibility index (Phi) is 5.90. The Morgan fingerprint density at radius 2 is 1.90 bits per heavy atom. The summed E-state index contributed by atoms with van der Waals surface area (Å²) in [5.74, 6) is 0.883. The minimum atomic E-state index is 0.549. The predicted molar refractivity (Wildman–Crippen MR) is 87.3 cm³/mol. The van der Waals surface area contributed by atoms with Crippen LogP contribution in [-0.4, -0.2) is 20.3 Å². The van der Waals surface area contributed by atoms with Crippen LogP contribution in [0.3, 0.4) is 0 Å². The Labute approximate surface area is 130 Å². The van der Waals surface area contributed by atoms with Crippen LogP contribution in [0.5, 0.6) is 5.75 Å². The molecule has 0 aliphatic heterocycles. The van der Waals surface area contributed by atoms with Crippen LogP contribution in [0, 0.1) is 6.92 Å². The van der Waals surface area contributed by atoms with E-state index in [4.69, 9.17) is 21.1 Å². The van der Waals surface area contributed by atoms with Gasteiger partial charge in [-0.05, 0) is 36.8 Å². The highest BCUT2D eigenvalue weighted by Gasteiger charge is 2.04. The summed E-state index contributed by atoms with van der Waals surface area (Å²) < 4.78 is 10.7. The van der Waals surface area contributed by atoms with Crippen molar-refractivity contribution < 1.29 is 9.47 Å². The maximum Gasteiger partial charge on any atom is 0.124 e. The van der Waals surface area contributed by atoms with Crippen LogP contribution in [0.1, 0.15) is 11.1 Å². The van der Waals surface area contributed by atoms with Crippen LogP contribution < -0.4 is 10.1 Å². The van der Waals surface area contributed by atoms with Crippen LogP contribution in [0.25, 0.3) is 0 Å². The molecule has 0 unspecified atom stereocenters. The number of aryl methyl sites for hydroxylation is 1. The van der Waals surface area contributed by atoms with E-state index in [9.17, 15) is 0 Å². The van der Waals surface area contributed by atoms with Crippen molar-refractivity contribution in [1.82, 2.24) is 0 Å². The van der Waals surface area contributed by atoms with E-state index >= 15 is 0 Å². The minimum Gasteiger partial charge on any atom is -0.491 e. The molecule has 0 radical (unpaired) electrons. The summed E-state index contributed by atoms with van der Waals surface area (Å²) in [6.45, 7) is 3.87. The molecule has 0 spiro atoms. The first-order valence-electron chi connectivity index (χ1n) is 6.90. The normalized spacial score (nSPS) is 10.4. The SMILES string of the molecule is COCCOc1ccccc1CNc1ccc(Cl)cc1C. The zero-order valence-electron chi connectivity index (χ0n) is 12.4. The van der Waals surface area contributed by atoms with Gasteiger partial charge in [-0.2, -0.15) is 0 Å². The molecule has 0 atom stereocenters. The molecule has 0 bridgehead atoms. The molecule has 0 aliphatic rings. The van der Waals surface area contributed by atoms with Gasteiger partial charge in [0, 0.05) is 29.9 Å². The summed E-state index contributed by atoms with van der Waals surface area (Å²) in [5.41, 5.74) is 3.31. The zero-order valence-corrected chi connectivity index (χ0v) is 13.1. The second kappa shape index (κ2) is 7.91. The van der Waals surface area contributed by atoms with Crippen LogP contribution >= 0.6 is 11.6 Å². The summed E-state index contributed by atoms with van der Waals surface area (Å²) in [6, 6.07) is 13.8. The summed E-state index contributed by atoms with van der Waals surface area (Å²) >= 11 is 5.97. The Balaban J connectivity index is 2.02. The minimum absolute atomic E-state index is 0.549. The van der Waals surface area contributed by atoms with E-state index in [1.807, 2.05) is 43.3 Å². The van der Waals surface area contributed by atoms with Crippen molar-refractivity contribution in [2.24, 2.45) is 0 Å². The lowest BCUT2D eigenvalue weighted by atomic mass is 10.1. The molecular formula is C17H20ClNO2. The molecule has 0 fully saturated rings. The van der Waals surface area contributed by atoms with Crippen molar-refractivity contribution in [3.05, 3.63) is 58.6 Å². The van der Waals surface area contributed by atoms with E-state index in [0.29, 0.717) is 19.8 Å². The molecule has 0 amide bonds. The van der Waals surface area contributed by atoms with E-state index in [2.05, 4.69) is 11.4 Å². The lowest BCUT2D eigenvalue weighted by Gasteiger charge is -2.14. The van der Waals surface area contributed by atoms with Gasteiger partial charge >= 0.3 is 0 Å². The number of hydrogen-bond acceptors (Lipinski definition) is 3. The fourth-order valence-electron chi connectivity index (χ4n) is 2.04. The Hall–Kier alpha value is -1.71. The fourth-order valence-corrected chi connectivity index (χ4v) is 2.27. The zero-order chi connectivity index (χ0) is 15.1. The van der Waals surface area contributed by atoms with Crippen LogP contribution in [0.4, 0.5) is 5.69 Å². The highest BCUT2D eigenvalue weighted by molar-refractivity contribution is 6.30. The number of hydrogen-bond donors (Lipinski definition) is 1. The first-order chi connectivity index (χ1) is 10.2. The highest BCUT2D eigenvalue weighted by Crippen LogP contribution is 2.23. The van der Waals surface area contributed by atoms with Crippen LogP contribution in [0.15, 0.2) is 42.5 Å². The summed E-state index contributed by atoms with van der Waals surface area (Å²) in [7, 11) is 1.67. The Bertz CT molecular complexity index is 587. The number of ether oxygens (including phenoxy) is 2. The standard InChI is InChI=1S/C17H20ClNO2/c1-13-11-15(18)7-8-16(13)19-12-14-5-3-4-6-17(14)21-10-9-20-2/h3-8,11,19H,9-10,12H2,1-2H3. The van der Waals surface area contributed by atoms with Gasteiger partial charge in [0.15, 0.2) is 0 Å². The van der Waals surface area contributed by atoms with E-state index in [1.165, 1.54) is 0 Å². The Morgan fingerprint density at radius 1 is 1.10 bits per heavy atom. The molecule has 21 heavy (non-hydrogen) atoms. The molecule has 0 saturated heterocycles. The van der Waals surface area contributed by atoms with Crippen LogP contribution in [0.2, 0.25) is 5.02 Å². The number of anilines is 1. The van der Waals surface area contributed by atoms with Gasteiger partial charge in [-0.15, -0.1) is 0 Å². The molecule has 3 nitrogen and oxygen atoms in total. The molecule has 0 saturated carbocycles. The number of para-hydroxylation sites is 1. The second-order valence-electron chi connectivity index (χ2n) is 4.76. The summed E-state index contributed by atoms with van der Waals surface area (Å²) in [5, 5.41) is 4.17. The predicted octanol–water partition coefficient (Wildman–Crippen LogP) is 4.29. The highest BCUT2D eigenvalue weighted by atomic mass is 35.5. The summed E-state index contributed by atoms with van der Waals surface area (Å²) in [4.78, 5) is 0. The van der Waals surface area contributed by atoms with Gasteiger partial charge in [0.2, 0.25) is 0 Å². The first-order valence-corrected chi connectivity index (χ1v) is 7.28. The number of methoxy groups -OCH3 is 1. The van der Waals surface area contributed by atoms with Gasteiger partial charge in [-0.1, -0.05) is 29.8 Å². The average Bonchev–Trinajstić information content (AvgIpc) is 2.48. The van der Waals surface area contributed by atoms with Crippen molar-refractivity contribution in [1.29, 1.82) is 0 Å². The third-order valence-electron chi connectivity index (χ3n) is 3.18. The van der Waals surface area contributed by atoms with E-state index < -0.39 is 0 Å². The lowest BCUT2D eigenvalue weighted by molar-refractivity contribution is 0.146.